The summed E-state index contributed by atoms with van der Waals surface area (Å²) >= 11 is 7.80. The summed E-state index contributed by atoms with van der Waals surface area (Å²) in [7, 11) is 0. The lowest BCUT2D eigenvalue weighted by Gasteiger charge is -2.31. The van der Waals surface area contributed by atoms with Crippen LogP contribution in [0.4, 0.5) is 0 Å². The minimum Gasteiger partial charge on any atom is -0.394 e. The largest absolute Gasteiger partial charge is 0.394 e. The fourth-order valence-electron chi connectivity index (χ4n) is 2.13. The van der Waals surface area contributed by atoms with Crippen molar-refractivity contribution in [3.8, 4) is 0 Å². The first kappa shape index (κ1) is 17.8. The summed E-state index contributed by atoms with van der Waals surface area (Å²) in [5, 5.41) is 14.3. The molecule has 20 heavy (non-hydrogen) atoms. The second kappa shape index (κ2) is 8.93. The Balaban J connectivity index is 2.41. The molecule has 0 aliphatic carbocycles. The zero-order valence-electron chi connectivity index (χ0n) is 12.7. The van der Waals surface area contributed by atoms with E-state index in [-0.39, 0.29) is 12.1 Å². The Morgan fingerprint density at radius 3 is 2.55 bits per heavy atom. The van der Waals surface area contributed by atoms with Crippen molar-refractivity contribution in [1.29, 1.82) is 0 Å². The van der Waals surface area contributed by atoms with E-state index in [9.17, 15) is 5.11 Å². The molecule has 0 saturated carbocycles. The molecule has 0 aliphatic rings. The average Bonchev–Trinajstić information content (AvgIpc) is 2.44. The van der Waals surface area contributed by atoms with Crippen LogP contribution in [-0.4, -0.2) is 29.0 Å². The Kier molecular flexibility index (Phi) is 7.96. The van der Waals surface area contributed by atoms with Gasteiger partial charge in [0.25, 0.3) is 0 Å². The molecule has 0 fully saturated rings. The van der Waals surface area contributed by atoms with E-state index in [4.69, 9.17) is 11.6 Å². The number of rotatable bonds is 9. The molecule has 2 nitrogen and oxygen atoms in total. The van der Waals surface area contributed by atoms with Gasteiger partial charge in [-0.2, -0.15) is 11.8 Å². The maximum atomic E-state index is 9.59. The van der Waals surface area contributed by atoms with Crippen LogP contribution in [0.25, 0.3) is 0 Å². The third-order valence-electron chi connectivity index (χ3n) is 3.34. The van der Waals surface area contributed by atoms with E-state index in [2.05, 4.69) is 38.2 Å². The van der Waals surface area contributed by atoms with Gasteiger partial charge in [0.1, 0.15) is 0 Å². The second-order valence-corrected chi connectivity index (χ2v) is 7.46. The topological polar surface area (TPSA) is 32.3 Å². The molecule has 2 atom stereocenters. The molecule has 4 heteroatoms. The number of nitrogens with one attached hydrogen (secondary N) is 1. The molecule has 0 bridgehead atoms. The number of halogens is 1. The van der Waals surface area contributed by atoms with Crippen molar-refractivity contribution < 1.29 is 5.11 Å². The van der Waals surface area contributed by atoms with Crippen molar-refractivity contribution in [3.63, 3.8) is 0 Å². The first-order valence-electron chi connectivity index (χ1n) is 7.21. The Morgan fingerprint density at radius 1 is 1.35 bits per heavy atom. The van der Waals surface area contributed by atoms with Gasteiger partial charge in [0, 0.05) is 21.6 Å². The number of hydrogen-bond donors (Lipinski definition) is 2. The molecule has 2 unspecified atom stereocenters. The number of benzene rings is 1. The summed E-state index contributed by atoms with van der Waals surface area (Å²) < 4.78 is 0. The zero-order chi connectivity index (χ0) is 15.0. The van der Waals surface area contributed by atoms with E-state index >= 15 is 0 Å². The Morgan fingerprint density at radius 2 is 2.00 bits per heavy atom. The van der Waals surface area contributed by atoms with Crippen molar-refractivity contribution in [3.05, 3.63) is 34.9 Å². The highest BCUT2D eigenvalue weighted by Gasteiger charge is 2.25. The Labute approximate surface area is 132 Å². The molecule has 114 valence electrons. The summed E-state index contributed by atoms with van der Waals surface area (Å²) in [6, 6.07) is 8.01. The van der Waals surface area contributed by atoms with Crippen LogP contribution >= 0.6 is 23.4 Å². The lowest BCUT2D eigenvalue weighted by molar-refractivity contribution is 0.166. The van der Waals surface area contributed by atoms with Gasteiger partial charge in [-0.25, -0.2) is 0 Å². The highest BCUT2D eigenvalue weighted by Crippen LogP contribution is 2.25. The molecule has 1 aromatic rings. The van der Waals surface area contributed by atoms with Gasteiger partial charge < -0.3 is 10.4 Å². The van der Waals surface area contributed by atoms with Gasteiger partial charge in [-0.15, -0.1) is 0 Å². The van der Waals surface area contributed by atoms with Crippen LogP contribution in [0.3, 0.4) is 0 Å². The molecule has 2 N–H and O–H groups in total. The first-order valence-corrected chi connectivity index (χ1v) is 8.63. The highest BCUT2D eigenvalue weighted by molar-refractivity contribution is 7.99. The number of thioether (sulfide) groups is 1. The zero-order valence-corrected chi connectivity index (χ0v) is 14.2. The predicted molar refractivity (Wildman–Crippen MR) is 90.6 cm³/mol. The van der Waals surface area contributed by atoms with Crippen molar-refractivity contribution in [1.82, 2.24) is 5.32 Å². The van der Waals surface area contributed by atoms with Gasteiger partial charge in [0.2, 0.25) is 0 Å². The van der Waals surface area contributed by atoms with Crippen molar-refractivity contribution in [2.24, 2.45) is 0 Å². The third-order valence-corrected chi connectivity index (χ3v) is 4.82. The molecule has 0 saturated heterocycles. The molecule has 0 aromatic heterocycles. The fourth-order valence-corrected chi connectivity index (χ4v) is 3.41. The van der Waals surface area contributed by atoms with Gasteiger partial charge >= 0.3 is 0 Å². The van der Waals surface area contributed by atoms with E-state index in [0.29, 0.717) is 5.25 Å². The van der Waals surface area contributed by atoms with Crippen molar-refractivity contribution in [2.45, 2.75) is 50.2 Å². The van der Waals surface area contributed by atoms with Crippen LogP contribution in [-0.2, 0) is 5.75 Å². The number of aliphatic hydroxyl groups excluding tert-OH is 1. The molecular weight excluding hydrogens is 290 g/mol. The minimum absolute atomic E-state index is 0.178. The summed E-state index contributed by atoms with van der Waals surface area (Å²) in [6.45, 7) is 7.60. The Bertz CT molecular complexity index is 385. The summed E-state index contributed by atoms with van der Waals surface area (Å²) in [5.74, 6) is 0.980. The van der Waals surface area contributed by atoms with Crippen molar-refractivity contribution >= 4 is 23.4 Å². The lowest BCUT2D eigenvalue weighted by Crippen LogP contribution is -2.47. The number of hydrogen-bond acceptors (Lipinski definition) is 3. The summed E-state index contributed by atoms with van der Waals surface area (Å²) in [6.07, 6.45) is 2.05. The molecule has 0 spiro atoms. The normalized spacial score (nSPS) is 15.8. The maximum Gasteiger partial charge on any atom is 0.0611 e. The SMILES string of the molecule is CCCNC(C)(CO)CC(C)SCc1ccc(Cl)cc1. The first-order chi connectivity index (χ1) is 9.49. The van der Waals surface area contributed by atoms with Crippen LogP contribution in [0.1, 0.15) is 39.2 Å². The van der Waals surface area contributed by atoms with Gasteiger partial charge in [0.05, 0.1) is 6.61 Å². The molecule has 1 aromatic carbocycles. The smallest absolute Gasteiger partial charge is 0.0611 e. The highest BCUT2D eigenvalue weighted by atomic mass is 35.5. The van der Waals surface area contributed by atoms with E-state index in [1.807, 2.05) is 23.9 Å². The third kappa shape index (κ3) is 6.49. The van der Waals surface area contributed by atoms with Crippen LogP contribution in [0.5, 0.6) is 0 Å². The van der Waals surface area contributed by atoms with Gasteiger partial charge in [-0.3, -0.25) is 0 Å². The van der Waals surface area contributed by atoms with E-state index in [1.165, 1.54) is 5.56 Å². The quantitative estimate of drug-likeness (QED) is 0.719. The molecule has 0 heterocycles. The van der Waals surface area contributed by atoms with E-state index in [1.54, 1.807) is 0 Å². The molecule has 1 rings (SSSR count). The second-order valence-electron chi connectivity index (χ2n) is 5.60. The minimum atomic E-state index is -0.178. The average molecular weight is 316 g/mol. The van der Waals surface area contributed by atoms with Gasteiger partial charge in [-0.1, -0.05) is 37.6 Å². The van der Waals surface area contributed by atoms with E-state index in [0.717, 1.165) is 30.2 Å². The van der Waals surface area contributed by atoms with Crippen LogP contribution in [0.2, 0.25) is 5.02 Å². The molecule has 0 aliphatic heterocycles. The van der Waals surface area contributed by atoms with Gasteiger partial charge in [-0.05, 0) is 44.0 Å². The lowest BCUT2D eigenvalue weighted by atomic mass is 9.97. The van der Waals surface area contributed by atoms with Gasteiger partial charge in [0.15, 0.2) is 0 Å². The van der Waals surface area contributed by atoms with Crippen LogP contribution in [0, 0.1) is 0 Å². The molecular formula is C16H26ClNOS. The predicted octanol–water partition coefficient (Wildman–Crippen LogP) is 4.10. The maximum absolute atomic E-state index is 9.59. The monoisotopic (exact) mass is 315 g/mol. The molecule has 0 amide bonds. The number of aliphatic hydroxyl groups is 1. The van der Waals surface area contributed by atoms with Crippen LogP contribution < -0.4 is 5.32 Å². The van der Waals surface area contributed by atoms with Crippen molar-refractivity contribution in [2.75, 3.05) is 13.2 Å². The van der Waals surface area contributed by atoms with E-state index < -0.39 is 0 Å². The standard InChI is InChI=1S/C16H26ClNOS/c1-4-9-18-16(3,12-19)10-13(2)20-11-14-5-7-15(17)8-6-14/h5-8,13,18-19H,4,9-12H2,1-3H3. The summed E-state index contributed by atoms with van der Waals surface area (Å²) in [5.41, 5.74) is 1.11. The fraction of sp³-hybridized carbons (Fsp3) is 0.625. The molecule has 0 radical (unpaired) electrons. The van der Waals surface area contributed by atoms with Crippen LogP contribution in [0.15, 0.2) is 24.3 Å². The summed E-state index contributed by atoms with van der Waals surface area (Å²) in [4.78, 5) is 0. The Hall–Kier alpha value is -0.220.